The Kier molecular flexibility index (Phi) is 3.43. The third-order valence-electron chi connectivity index (χ3n) is 4.30. The van der Waals surface area contributed by atoms with Gasteiger partial charge in [0.05, 0.1) is 17.1 Å². The highest BCUT2D eigenvalue weighted by Gasteiger charge is 2.13. The van der Waals surface area contributed by atoms with E-state index in [0.717, 1.165) is 55.5 Å². The Balaban J connectivity index is 1.60. The number of nitrogens with one attached hydrogen (secondary N) is 2. The Labute approximate surface area is 152 Å². The molecule has 0 radical (unpaired) electrons. The lowest BCUT2D eigenvalue weighted by Crippen LogP contribution is -1.80. The van der Waals surface area contributed by atoms with E-state index in [9.17, 15) is 4.39 Å². The van der Waals surface area contributed by atoms with Gasteiger partial charge in [-0.15, -0.1) is 11.3 Å². The van der Waals surface area contributed by atoms with Gasteiger partial charge in [-0.3, -0.25) is 10.1 Å². The van der Waals surface area contributed by atoms with Gasteiger partial charge < -0.3 is 4.98 Å². The van der Waals surface area contributed by atoms with Gasteiger partial charge in [0, 0.05) is 27.5 Å². The summed E-state index contributed by atoms with van der Waals surface area (Å²) in [5.74, 6) is 0. The molecule has 0 saturated carbocycles. The van der Waals surface area contributed by atoms with Crippen LogP contribution >= 0.6 is 11.3 Å². The number of aromatic amines is 2. The van der Waals surface area contributed by atoms with Crippen LogP contribution in [0.1, 0.15) is 0 Å². The largest absolute Gasteiger partial charge is 0.353 e. The molecule has 0 bridgehead atoms. The summed E-state index contributed by atoms with van der Waals surface area (Å²) in [7, 11) is 0. The number of H-pyrrole nitrogens is 2. The smallest absolute Gasteiger partial charge is 0.176 e. The van der Waals surface area contributed by atoms with Crippen LogP contribution in [0.4, 0.5) is 4.39 Å². The lowest BCUT2D eigenvalue weighted by atomic mass is 10.1. The van der Waals surface area contributed by atoms with Gasteiger partial charge in [0.15, 0.2) is 5.13 Å². The van der Waals surface area contributed by atoms with E-state index in [-0.39, 0.29) is 5.13 Å². The third-order valence-corrected chi connectivity index (χ3v) is 5.20. The maximum atomic E-state index is 13.4. The minimum Gasteiger partial charge on any atom is -0.353 e. The quantitative estimate of drug-likeness (QED) is 0.447. The van der Waals surface area contributed by atoms with Crippen LogP contribution in [0.2, 0.25) is 0 Å². The first-order chi connectivity index (χ1) is 12.8. The molecule has 4 aromatic heterocycles. The number of hydrogen-bond acceptors (Lipinski definition) is 3. The van der Waals surface area contributed by atoms with E-state index in [0.29, 0.717) is 0 Å². The fourth-order valence-corrected chi connectivity index (χ4v) is 3.85. The number of nitrogens with zero attached hydrogens (tertiary/aromatic N) is 2. The third kappa shape index (κ3) is 2.51. The summed E-state index contributed by atoms with van der Waals surface area (Å²) in [6.45, 7) is 0. The number of benzene rings is 1. The molecule has 5 rings (SSSR count). The molecular weight excluding hydrogens is 347 g/mol. The van der Waals surface area contributed by atoms with E-state index in [1.807, 2.05) is 48.5 Å². The van der Waals surface area contributed by atoms with Gasteiger partial charge in [0.25, 0.3) is 0 Å². The van der Waals surface area contributed by atoms with Gasteiger partial charge in [0.1, 0.15) is 5.69 Å². The summed E-state index contributed by atoms with van der Waals surface area (Å²) in [5, 5.41) is 8.31. The summed E-state index contributed by atoms with van der Waals surface area (Å²) in [5.41, 5.74) is 5.43. The Morgan fingerprint density at radius 3 is 2.65 bits per heavy atom. The normalized spacial score (nSPS) is 11.3. The molecule has 26 heavy (non-hydrogen) atoms. The van der Waals surface area contributed by atoms with Crippen molar-refractivity contribution in [3.05, 3.63) is 72.0 Å². The van der Waals surface area contributed by atoms with Crippen molar-refractivity contribution in [1.82, 2.24) is 20.2 Å². The van der Waals surface area contributed by atoms with Crippen molar-refractivity contribution in [1.29, 1.82) is 0 Å². The van der Waals surface area contributed by atoms with Crippen molar-refractivity contribution in [2.75, 3.05) is 0 Å². The minimum atomic E-state index is -0.180. The molecule has 6 heteroatoms. The van der Waals surface area contributed by atoms with Crippen LogP contribution in [0.15, 0.2) is 66.9 Å². The van der Waals surface area contributed by atoms with Crippen molar-refractivity contribution in [3.8, 4) is 33.2 Å². The summed E-state index contributed by atoms with van der Waals surface area (Å²) >= 11 is 1.15. The van der Waals surface area contributed by atoms with E-state index in [1.165, 1.54) is 6.07 Å². The fraction of sp³-hybridized carbons (Fsp3) is 0. The molecule has 5 aromatic rings. The first kappa shape index (κ1) is 15.0. The second kappa shape index (κ2) is 5.93. The summed E-state index contributed by atoms with van der Waals surface area (Å²) in [6.07, 6.45) is 1.76. The molecule has 0 aliphatic rings. The average Bonchev–Trinajstić information content (AvgIpc) is 3.40. The Morgan fingerprint density at radius 2 is 1.85 bits per heavy atom. The van der Waals surface area contributed by atoms with E-state index in [4.69, 9.17) is 0 Å². The van der Waals surface area contributed by atoms with Gasteiger partial charge in [-0.05, 0) is 42.5 Å². The molecule has 0 spiro atoms. The standard InChI is InChI=1S/C20H13FN4S/c21-20-8-7-19(26-20)12-4-3-6-14-13(12)10-16(23-14)18-11-17(24-25-18)15-5-1-2-9-22-15/h1-11,23H,(H,24,25). The molecule has 0 saturated heterocycles. The lowest BCUT2D eigenvalue weighted by molar-refractivity contribution is 0.657. The molecule has 0 aliphatic heterocycles. The monoisotopic (exact) mass is 360 g/mol. The van der Waals surface area contributed by atoms with Crippen LogP contribution in [0.3, 0.4) is 0 Å². The van der Waals surface area contributed by atoms with Crippen LogP contribution in [0.5, 0.6) is 0 Å². The highest BCUT2D eigenvalue weighted by Crippen LogP contribution is 2.35. The Morgan fingerprint density at radius 1 is 0.885 bits per heavy atom. The zero-order valence-electron chi connectivity index (χ0n) is 13.5. The molecular formula is C20H13FN4S. The Hall–Kier alpha value is -3.25. The highest BCUT2D eigenvalue weighted by atomic mass is 32.1. The van der Waals surface area contributed by atoms with E-state index >= 15 is 0 Å². The fourth-order valence-electron chi connectivity index (χ4n) is 3.08. The SMILES string of the molecule is Fc1ccc(-c2cccc3[nH]c(-c4cc(-c5ccccn5)[nH]n4)cc23)s1. The van der Waals surface area contributed by atoms with Gasteiger partial charge >= 0.3 is 0 Å². The van der Waals surface area contributed by atoms with Gasteiger partial charge in [0.2, 0.25) is 0 Å². The molecule has 0 atom stereocenters. The predicted octanol–water partition coefficient (Wildman–Crippen LogP) is 5.49. The minimum absolute atomic E-state index is 0.180. The maximum absolute atomic E-state index is 13.4. The van der Waals surface area contributed by atoms with Gasteiger partial charge in [-0.2, -0.15) is 9.49 Å². The number of halogens is 1. The number of hydrogen-bond donors (Lipinski definition) is 2. The summed E-state index contributed by atoms with van der Waals surface area (Å²) in [6, 6.07) is 19.1. The second-order valence-corrected chi connectivity index (χ2v) is 6.97. The van der Waals surface area contributed by atoms with Crippen LogP contribution in [0.25, 0.3) is 44.1 Å². The molecule has 2 N–H and O–H groups in total. The first-order valence-corrected chi connectivity index (χ1v) is 8.94. The lowest BCUT2D eigenvalue weighted by Gasteiger charge is -1.98. The number of thiophene rings is 1. The molecule has 4 heterocycles. The van der Waals surface area contributed by atoms with Crippen LogP contribution in [0, 0.1) is 5.13 Å². The molecule has 1 aromatic carbocycles. The molecule has 0 amide bonds. The molecule has 4 nitrogen and oxygen atoms in total. The van der Waals surface area contributed by atoms with Crippen molar-refractivity contribution in [2.24, 2.45) is 0 Å². The van der Waals surface area contributed by atoms with Crippen molar-refractivity contribution in [2.45, 2.75) is 0 Å². The molecule has 126 valence electrons. The zero-order valence-corrected chi connectivity index (χ0v) is 14.3. The highest BCUT2D eigenvalue weighted by molar-refractivity contribution is 7.14. The molecule has 0 aliphatic carbocycles. The topological polar surface area (TPSA) is 57.4 Å². The van der Waals surface area contributed by atoms with Crippen LogP contribution < -0.4 is 0 Å². The van der Waals surface area contributed by atoms with E-state index < -0.39 is 0 Å². The maximum Gasteiger partial charge on any atom is 0.176 e. The van der Waals surface area contributed by atoms with E-state index in [2.05, 4.69) is 26.2 Å². The second-order valence-electron chi connectivity index (χ2n) is 5.94. The van der Waals surface area contributed by atoms with Gasteiger partial charge in [-0.1, -0.05) is 18.2 Å². The first-order valence-electron chi connectivity index (χ1n) is 8.12. The van der Waals surface area contributed by atoms with Crippen molar-refractivity contribution in [3.63, 3.8) is 0 Å². The molecule has 0 fully saturated rings. The number of rotatable bonds is 3. The zero-order chi connectivity index (χ0) is 17.5. The summed E-state index contributed by atoms with van der Waals surface area (Å²) < 4.78 is 13.4. The van der Waals surface area contributed by atoms with E-state index in [1.54, 1.807) is 6.20 Å². The van der Waals surface area contributed by atoms with Crippen LogP contribution in [-0.2, 0) is 0 Å². The average molecular weight is 360 g/mol. The summed E-state index contributed by atoms with van der Waals surface area (Å²) in [4.78, 5) is 8.65. The molecule has 0 unspecified atom stereocenters. The van der Waals surface area contributed by atoms with Gasteiger partial charge in [-0.25, -0.2) is 0 Å². The van der Waals surface area contributed by atoms with Crippen LogP contribution in [-0.4, -0.2) is 20.2 Å². The predicted molar refractivity (Wildman–Crippen MR) is 102 cm³/mol. The Bertz CT molecular complexity index is 1200. The number of pyridine rings is 1. The number of fused-ring (bicyclic) bond motifs is 1. The van der Waals surface area contributed by atoms with Crippen molar-refractivity contribution < 1.29 is 4.39 Å². The van der Waals surface area contributed by atoms with Crippen molar-refractivity contribution >= 4 is 22.2 Å². The number of aromatic nitrogens is 4.